The molecule has 13 heavy (non-hydrogen) atoms. The molecule has 1 rings (SSSR count). The van der Waals surface area contributed by atoms with Crippen molar-refractivity contribution >= 4 is 17.7 Å². The molecule has 0 N–H and O–H groups in total. The maximum Gasteiger partial charge on any atom is 0.133 e. The van der Waals surface area contributed by atoms with E-state index in [1.165, 1.54) is 0 Å². The summed E-state index contributed by atoms with van der Waals surface area (Å²) in [7, 11) is 0. The SMILES string of the molecule is C=Cc1cc(C)nc(Cl)c1C(C)C. The van der Waals surface area contributed by atoms with E-state index < -0.39 is 0 Å². The van der Waals surface area contributed by atoms with E-state index in [1.54, 1.807) is 0 Å². The summed E-state index contributed by atoms with van der Waals surface area (Å²) in [5.41, 5.74) is 3.11. The zero-order chi connectivity index (χ0) is 10.0. The summed E-state index contributed by atoms with van der Waals surface area (Å²) in [6, 6.07) is 2.01. The Bertz CT molecular complexity index is 329. The molecule has 0 bridgehead atoms. The van der Waals surface area contributed by atoms with Gasteiger partial charge in [-0.2, -0.15) is 0 Å². The Labute approximate surface area is 84.5 Å². The average Bonchev–Trinajstić information content (AvgIpc) is 2.01. The molecule has 2 heteroatoms. The van der Waals surface area contributed by atoms with Crippen LogP contribution in [0.3, 0.4) is 0 Å². The van der Waals surface area contributed by atoms with Crippen molar-refractivity contribution in [2.24, 2.45) is 0 Å². The van der Waals surface area contributed by atoms with E-state index in [9.17, 15) is 0 Å². The van der Waals surface area contributed by atoms with Crippen LogP contribution in [0, 0.1) is 6.92 Å². The highest BCUT2D eigenvalue weighted by atomic mass is 35.5. The van der Waals surface area contributed by atoms with Crippen molar-refractivity contribution in [2.45, 2.75) is 26.7 Å². The zero-order valence-corrected chi connectivity index (χ0v) is 9.02. The Morgan fingerprint density at radius 1 is 1.54 bits per heavy atom. The lowest BCUT2D eigenvalue weighted by atomic mass is 9.99. The second kappa shape index (κ2) is 3.93. The van der Waals surface area contributed by atoms with Gasteiger partial charge in [0.2, 0.25) is 0 Å². The van der Waals surface area contributed by atoms with E-state index in [0.717, 1.165) is 16.8 Å². The smallest absolute Gasteiger partial charge is 0.133 e. The van der Waals surface area contributed by atoms with Crippen molar-refractivity contribution in [2.75, 3.05) is 0 Å². The molecule has 0 atom stereocenters. The summed E-state index contributed by atoms with van der Waals surface area (Å²) in [5.74, 6) is 0.383. The van der Waals surface area contributed by atoms with Gasteiger partial charge < -0.3 is 0 Å². The number of hydrogen-bond donors (Lipinski definition) is 0. The minimum absolute atomic E-state index is 0.383. The number of pyridine rings is 1. The third kappa shape index (κ3) is 2.10. The molecule has 0 amide bonds. The summed E-state index contributed by atoms with van der Waals surface area (Å²) in [6.45, 7) is 9.91. The first-order valence-corrected chi connectivity index (χ1v) is 4.73. The van der Waals surface area contributed by atoms with E-state index in [2.05, 4.69) is 25.4 Å². The maximum absolute atomic E-state index is 6.05. The van der Waals surface area contributed by atoms with Crippen LogP contribution in [0.25, 0.3) is 6.08 Å². The van der Waals surface area contributed by atoms with Gasteiger partial charge in [-0.1, -0.05) is 38.1 Å². The van der Waals surface area contributed by atoms with Crippen LogP contribution in [0.4, 0.5) is 0 Å². The van der Waals surface area contributed by atoms with Gasteiger partial charge in [0.25, 0.3) is 0 Å². The third-order valence-corrected chi connectivity index (χ3v) is 2.26. The first kappa shape index (κ1) is 10.3. The minimum atomic E-state index is 0.383. The fourth-order valence-corrected chi connectivity index (χ4v) is 1.87. The van der Waals surface area contributed by atoms with Crippen LogP contribution in [0.2, 0.25) is 5.15 Å². The van der Waals surface area contributed by atoms with Gasteiger partial charge in [-0.3, -0.25) is 0 Å². The molecule has 1 heterocycles. The Morgan fingerprint density at radius 2 is 2.15 bits per heavy atom. The van der Waals surface area contributed by atoms with Gasteiger partial charge in [-0.15, -0.1) is 0 Å². The van der Waals surface area contributed by atoms with Crippen LogP contribution in [0.15, 0.2) is 12.6 Å². The molecule has 0 aromatic carbocycles. The molecule has 0 spiro atoms. The number of halogens is 1. The number of aromatic nitrogens is 1. The highest BCUT2D eigenvalue weighted by Gasteiger charge is 2.10. The lowest BCUT2D eigenvalue weighted by Crippen LogP contribution is -1.97. The molecule has 0 unspecified atom stereocenters. The van der Waals surface area contributed by atoms with Crippen LogP contribution in [0.1, 0.15) is 36.6 Å². The zero-order valence-electron chi connectivity index (χ0n) is 8.26. The van der Waals surface area contributed by atoms with Crippen LogP contribution in [-0.2, 0) is 0 Å². The van der Waals surface area contributed by atoms with E-state index in [0.29, 0.717) is 11.1 Å². The van der Waals surface area contributed by atoms with E-state index in [4.69, 9.17) is 11.6 Å². The molecule has 1 aromatic heterocycles. The minimum Gasteiger partial charge on any atom is -0.241 e. The normalized spacial score (nSPS) is 10.5. The Kier molecular flexibility index (Phi) is 3.10. The van der Waals surface area contributed by atoms with Gasteiger partial charge in [-0.05, 0) is 30.0 Å². The molecule has 0 aliphatic heterocycles. The van der Waals surface area contributed by atoms with Crippen molar-refractivity contribution in [1.29, 1.82) is 0 Å². The molecule has 0 saturated carbocycles. The quantitative estimate of drug-likeness (QED) is 0.654. The number of nitrogens with zero attached hydrogens (tertiary/aromatic N) is 1. The van der Waals surface area contributed by atoms with Crippen LogP contribution >= 0.6 is 11.6 Å². The Balaban J connectivity index is 3.38. The first-order chi connectivity index (χ1) is 6.06. The second-order valence-electron chi connectivity index (χ2n) is 3.42. The van der Waals surface area contributed by atoms with Crippen molar-refractivity contribution in [3.63, 3.8) is 0 Å². The fraction of sp³-hybridized carbons (Fsp3) is 0.364. The molecule has 70 valence electrons. The molecule has 0 radical (unpaired) electrons. The maximum atomic E-state index is 6.05. The largest absolute Gasteiger partial charge is 0.241 e. The summed E-state index contributed by atoms with van der Waals surface area (Å²) in [4.78, 5) is 4.22. The molecule has 0 aliphatic rings. The highest BCUT2D eigenvalue weighted by Crippen LogP contribution is 2.27. The summed E-state index contributed by atoms with van der Waals surface area (Å²) in [5, 5.41) is 0.602. The van der Waals surface area contributed by atoms with E-state index in [1.807, 2.05) is 19.1 Å². The fourth-order valence-electron chi connectivity index (χ4n) is 1.41. The molecular weight excluding hydrogens is 182 g/mol. The highest BCUT2D eigenvalue weighted by molar-refractivity contribution is 6.30. The number of aryl methyl sites for hydroxylation is 1. The van der Waals surface area contributed by atoms with Gasteiger partial charge in [-0.25, -0.2) is 4.98 Å². The molecule has 0 saturated heterocycles. The Hall–Kier alpha value is -0.820. The average molecular weight is 196 g/mol. The molecule has 0 aliphatic carbocycles. The van der Waals surface area contributed by atoms with Gasteiger partial charge in [0.05, 0.1) is 0 Å². The Morgan fingerprint density at radius 3 is 2.62 bits per heavy atom. The van der Waals surface area contributed by atoms with Crippen molar-refractivity contribution in [3.05, 3.63) is 34.6 Å². The molecule has 1 aromatic rings. The van der Waals surface area contributed by atoms with Crippen LogP contribution in [-0.4, -0.2) is 4.98 Å². The van der Waals surface area contributed by atoms with Gasteiger partial charge in [0, 0.05) is 5.69 Å². The summed E-state index contributed by atoms with van der Waals surface area (Å²) < 4.78 is 0. The molecule has 1 nitrogen and oxygen atoms in total. The standard InChI is InChI=1S/C11H14ClN/c1-5-9-6-8(4)13-11(12)10(9)7(2)3/h5-7H,1H2,2-4H3. The number of rotatable bonds is 2. The van der Waals surface area contributed by atoms with Gasteiger partial charge >= 0.3 is 0 Å². The monoisotopic (exact) mass is 195 g/mol. The molecule has 0 fully saturated rings. The molecular formula is C11H14ClN. The van der Waals surface area contributed by atoms with Crippen molar-refractivity contribution in [1.82, 2.24) is 4.98 Å². The van der Waals surface area contributed by atoms with Gasteiger partial charge in [0.15, 0.2) is 0 Å². The van der Waals surface area contributed by atoms with Gasteiger partial charge in [0.1, 0.15) is 5.15 Å². The summed E-state index contributed by atoms with van der Waals surface area (Å²) in [6.07, 6.45) is 1.83. The lowest BCUT2D eigenvalue weighted by molar-refractivity contribution is 0.853. The summed E-state index contributed by atoms with van der Waals surface area (Å²) >= 11 is 6.05. The third-order valence-electron chi connectivity index (χ3n) is 1.97. The predicted molar refractivity (Wildman–Crippen MR) is 58.2 cm³/mol. The second-order valence-corrected chi connectivity index (χ2v) is 3.77. The number of hydrogen-bond acceptors (Lipinski definition) is 1. The van der Waals surface area contributed by atoms with Crippen molar-refractivity contribution in [3.8, 4) is 0 Å². The predicted octanol–water partition coefficient (Wildman–Crippen LogP) is 3.81. The first-order valence-electron chi connectivity index (χ1n) is 4.35. The van der Waals surface area contributed by atoms with Crippen LogP contribution in [0.5, 0.6) is 0 Å². The van der Waals surface area contributed by atoms with Crippen LogP contribution < -0.4 is 0 Å². The lowest BCUT2D eigenvalue weighted by Gasteiger charge is -2.12. The van der Waals surface area contributed by atoms with E-state index in [-0.39, 0.29) is 0 Å². The van der Waals surface area contributed by atoms with E-state index >= 15 is 0 Å². The van der Waals surface area contributed by atoms with Crippen molar-refractivity contribution < 1.29 is 0 Å². The topological polar surface area (TPSA) is 12.9 Å².